The molecule has 0 saturated carbocycles. The summed E-state index contributed by atoms with van der Waals surface area (Å²) in [5, 5.41) is 2.33. The first kappa shape index (κ1) is 19.6. The van der Waals surface area contributed by atoms with Crippen LogP contribution in [0.25, 0.3) is 0 Å². The molecule has 0 aromatic heterocycles. The van der Waals surface area contributed by atoms with E-state index in [9.17, 15) is 26.4 Å². The van der Waals surface area contributed by atoms with Crippen LogP contribution in [-0.2, 0) is 16.2 Å². The van der Waals surface area contributed by atoms with E-state index in [0.29, 0.717) is 0 Å². The molecule has 10 heteroatoms. The second-order valence-corrected chi connectivity index (χ2v) is 6.77. The fraction of sp³-hybridized carbons (Fsp3) is 0.188. The van der Waals surface area contributed by atoms with Crippen LogP contribution in [-0.4, -0.2) is 28.5 Å². The SMILES string of the molecule is CNC(=O)c1cc(S(=O)(=O)Nc2ccccc2C(F)(F)F)ccc1OC. The number of amides is 1. The Bertz CT molecular complexity index is 927. The summed E-state index contributed by atoms with van der Waals surface area (Å²) in [5.74, 6) is -0.478. The number of halogens is 3. The van der Waals surface area contributed by atoms with Crippen LogP contribution in [0.1, 0.15) is 15.9 Å². The van der Waals surface area contributed by atoms with E-state index in [1.54, 1.807) is 0 Å². The van der Waals surface area contributed by atoms with Crippen LogP contribution >= 0.6 is 0 Å². The van der Waals surface area contributed by atoms with Crippen molar-refractivity contribution in [1.82, 2.24) is 5.32 Å². The third kappa shape index (κ3) is 4.07. The molecule has 0 aliphatic heterocycles. The highest BCUT2D eigenvalue weighted by Crippen LogP contribution is 2.35. The zero-order valence-electron chi connectivity index (χ0n) is 13.7. The van der Waals surface area contributed by atoms with Gasteiger partial charge in [0.15, 0.2) is 0 Å². The lowest BCUT2D eigenvalue weighted by Crippen LogP contribution is -2.21. The van der Waals surface area contributed by atoms with Crippen LogP contribution in [0.5, 0.6) is 5.75 Å². The Labute approximate surface area is 148 Å². The minimum absolute atomic E-state index is 0.0676. The van der Waals surface area contributed by atoms with Gasteiger partial charge >= 0.3 is 6.18 Å². The number of sulfonamides is 1. The van der Waals surface area contributed by atoms with Crippen molar-refractivity contribution in [2.75, 3.05) is 18.9 Å². The summed E-state index contributed by atoms with van der Waals surface area (Å²) in [6.07, 6.45) is -4.73. The van der Waals surface area contributed by atoms with E-state index in [0.717, 1.165) is 30.3 Å². The van der Waals surface area contributed by atoms with Gasteiger partial charge in [-0.2, -0.15) is 13.2 Å². The van der Waals surface area contributed by atoms with Crippen LogP contribution < -0.4 is 14.8 Å². The average molecular weight is 388 g/mol. The number of alkyl halides is 3. The maximum Gasteiger partial charge on any atom is 0.418 e. The molecular formula is C16H15F3N2O4S. The lowest BCUT2D eigenvalue weighted by molar-refractivity contribution is -0.136. The number of para-hydroxylation sites is 1. The van der Waals surface area contributed by atoms with Gasteiger partial charge in [0, 0.05) is 7.05 Å². The van der Waals surface area contributed by atoms with Crippen LogP contribution in [0, 0.1) is 0 Å². The Morgan fingerprint density at radius 1 is 1.12 bits per heavy atom. The molecule has 0 bridgehead atoms. The van der Waals surface area contributed by atoms with Gasteiger partial charge < -0.3 is 10.1 Å². The second-order valence-electron chi connectivity index (χ2n) is 5.09. The Hall–Kier alpha value is -2.75. The maximum absolute atomic E-state index is 13.0. The molecule has 0 fully saturated rings. The van der Waals surface area contributed by atoms with Crippen molar-refractivity contribution in [3.8, 4) is 5.75 Å². The van der Waals surface area contributed by atoms with E-state index in [1.165, 1.54) is 26.3 Å². The molecule has 0 unspecified atom stereocenters. The van der Waals surface area contributed by atoms with E-state index in [4.69, 9.17) is 4.74 Å². The Morgan fingerprint density at radius 2 is 1.77 bits per heavy atom. The largest absolute Gasteiger partial charge is 0.496 e. The van der Waals surface area contributed by atoms with Crippen molar-refractivity contribution in [3.05, 3.63) is 53.6 Å². The minimum Gasteiger partial charge on any atom is -0.496 e. The topological polar surface area (TPSA) is 84.5 Å². The molecule has 0 atom stereocenters. The highest BCUT2D eigenvalue weighted by Gasteiger charge is 2.34. The minimum atomic E-state index is -4.73. The Balaban J connectivity index is 2.48. The van der Waals surface area contributed by atoms with E-state index in [1.807, 2.05) is 4.72 Å². The number of hydrogen-bond donors (Lipinski definition) is 2. The molecule has 140 valence electrons. The van der Waals surface area contributed by atoms with Gasteiger partial charge in [-0.1, -0.05) is 12.1 Å². The van der Waals surface area contributed by atoms with Gasteiger partial charge in [-0.25, -0.2) is 8.42 Å². The number of carbonyl (C=O) groups is 1. The first-order valence-corrected chi connectivity index (χ1v) is 8.67. The van der Waals surface area contributed by atoms with Crippen molar-refractivity contribution in [3.63, 3.8) is 0 Å². The molecule has 0 radical (unpaired) electrons. The highest BCUT2D eigenvalue weighted by atomic mass is 32.2. The smallest absolute Gasteiger partial charge is 0.418 e. The predicted octanol–water partition coefficient (Wildman–Crippen LogP) is 2.87. The van der Waals surface area contributed by atoms with E-state index in [-0.39, 0.29) is 16.2 Å². The third-order valence-corrected chi connectivity index (χ3v) is 4.79. The molecule has 2 N–H and O–H groups in total. The summed E-state index contributed by atoms with van der Waals surface area (Å²) in [6.45, 7) is 0. The molecule has 2 rings (SSSR count). The van der Waals surface area contributed by atoms with Gasteiger partial charge in [0.25, 0.3) is 15.9 Å². The summed E-state index contributed by atoms with van der Waals surface area (Å²) < 4.78 is 71.0. The summed E-state index contributed by atoms with van der Waals surface area (Å²) >= 11 is 0. The standard InChI is InChI=1S/C16H15F3N2O4S/c1-20-15(22)11-9-10(7-8-14(11)25-2)26(23,24)21-13-6-4-3-5-12(13)16(17,18)19/h3-9,21H,1-2H3,(H,20,22). The molecule has 0 aliphatic carbocycles. The summed E-state index contributed by atoms with van der Waals surface area (Å²) in [5.41, 5.74) is -1.80. The van der Waals surface area contributed by atoms with Gasteiger partial charge in [0.2, 0.25) is 0 Å². The fourth-order valence-corrected chi connectivity index (χ4v) is 3.29. The molecule has 0 heterocycles. The van der Waals surface area contributed by atoms with Crippen LogP contribution in [0.4, 0.5) is 18.9 Å². The number of hydrogen-bond acceptors (Lipinski definition) is 4. The Morgan fingerprint density at radius 3 is 2.35 bits per heavy atom. The van der Waals surface area contributed by atoms with Crippen molar-refractivity contribution in [2.45, 2.75) is 11.1 Å². The summed E-state index contributed by atoms with van der Waals surface area (Å²) in [6, 6.07) is 7.59. The number of carbonyl (C=O) groups excluding carboxylic acids is 1. The van der Waals surface area contributed by atoms with Crippen molar-refractivity contribution >= 4 is 21.6 Å². The number of nitrogens with one attached hydrogen (secondary N) is 2. The monoisotopic (exact) mass is 388 g/mol. The summed E-state index contributed by atoms with van der Waals surface area (Å²) in [4.78, 5) is 11.5. The third-order valence-electron chi connectivity index (χ3n) is 3.43. The molecule has 0 saturated heterocycles. The molecular weight excluding hydrogens is 373 g/mol. The number of benzene rings is 2. The lowest BCUT2D eigenvalue weighted by Gasteiger charge is -2.15. The summed E-state index contributed by atoms with van der Waals surface area (Å²) in [7, 11) is -1.72. The fourth-order valence-electron chi connectivity index (χ4n) is 2.19. The maximum atomic E-state index is 13.0. The number of methoxy groups -OCH3 is 1. The number of rotatable bonds is 5. The molecule has 0 spiro atoms. The van der Waals surface area contributed by atoms with Gasteiger partial charge in [0.05, 0.1) is 28.8 Å². The van der Waals surface area contributed by atoms with Crippen LogP contribution in [0.2, 0.25) is 0 Å². The molecule has 6 nitrogen and oxygen atoms in total. The van der Waals surface area contributed by atoms with Crippen molar-refractivity contribution < 1.29 is 31.1 Å². The Kier molecular flexibility index (Phi) is 5.45. The van der Waals surface area contributed by atoms with E-state index in [2.05, 4.69) is 5.32 Å². The molecule has 2 aromatic carbocycles. The van der Waals surface area contributed by atoms with Crippen LogP contribution in [0.3, 0.4) is 0 Å². The van der Waals surface area contributed by atoms with Crippen molar-refractivity contribution in [1.29, 1.82) is 0 Å². The van der Waals surface area contributed by atoms with Gasteiger partial charge in [-0.05, 0) is 30.3 Å². The van der Waals surface area contributed by atoms with Crippen molar-refractivity contribution in [2.24, 2.45) is 0 Å². The average Bonchev–Trinajstić information content (AvgIpc) is 2.59. The van der Waals surface area contributed by atoms with Gasteiger partial charge in [-0.3, -0.25) is 9.52 Å². The first-order chi connectivity index (χ1) is 12.1. The predicted molar refractivity (Wildman–Crippen MR) is 88.6 cm³/mol. The van der Waals surface area contributed by atoms with E-state index < -0.39 is 33.4 Å². The lowest BCUT2D eigenvalue weighted by atomic mass is 10.2. The van der Waals surface area contributed by atoms with Gasteiger partial charge in [-0.15, -0.1) is 0 Å². The normalized spacial score (nSPS) is 11.7. The van der Waals surface area contributed by atoms with Gasteiger partial charge in [0.1, 0.15) is 5.75 Å². The first-order valence-electron chi connectivity index (χ1n) is 7.19. The zero-order valence-corrected chi connectivity index (χ0v) is 14.5. The second kappa shape index (κ2) is 7.24. The van der Waals surface area contributed by atoms with Crippen LogP contribution in [0.15, 0.2) is 47.4 Å². The molecule has 26 heavy (non-hydrogen) atoms. The molecule has 1 amide bonds. The van der Waals surface area contributed by atoms with E-state index >= 15 is 0 Å². The zero-order chi connectivity index (χ0) is 19.5. The molecule has 2 aromatic rings. The number of ether oxygens (including phenoxy) is 1. The quantitative estimate of drug-likeness (QED) is 0.825. The molecule has 0 aliphatic rings. The number of anilines is 1. The highest BCUT2D eigenvalue weighted by molar-refractivity contribution is 7.92.